The van der Waals surface area contributed by atoms with Crippen molar-refractivity contribution in [3.8, 4) is 45.0 Å². The fraction of sp³-hybridized carbons (Fsp3) is 0.0222. The molecule has 0 bridgehead atoms. The van der Waals surface area contributed by atoms with Crippen molar-refractivity contribution < 1.29 is 31.3 Å². The number of aromatic hydroxyl groups is 2. The molecule has 2 aliphatic rings. The Hall–Kier alpha value is -5.83. The molecule has 1 heterocycles. The molecule has 0 atom stereocenters. The maximum absolute atomic E-state index is 12.1. The van der Waals surface area contributed by atoms with Crippen LogP contribution in [0, 0.1) is 0 Å². The second-order valence-corrected chi connectivity index (χ2v) is 12.8. The van der Waals surface area contributed by atoms with Crippen molar-refractivity contribution in [3.63, 3.8) is 0 Å². The first-order valence-corrected chi connectivity index (χ1v) is 16.5. The van der Waals surface area contributed by atoms with Gasteiger partial charge in [0.15, 0.2) is 0 Å². The summed E-state index contributed by atoms with van der Waals surface area (Å²) in [7, 11) is 0. The molecule has 2 N–H and O–H groups in total. The first-order valence-electron chi connectivity index (χ1n) is 16.5. The standard InChI is InChI=1S/C45H28N2O2.Pt/c48-39-22-10-13-27-12-9-21-38(41(27)39)46-26-29-25-28-11-1-2-14-30(28)44(47-29)42-40(49)24-23-34-33-17-5-8-20-37(33)45(43(34)42)35-18-6-3-15-31(35)32-16-4-7-19-36(32)45;/h1-26,48-49H;. The Morgan fingerprint density at radius 1 is 0.540 bits per heavy atom. The molecule has 0 aliphatic heterocycles. The second-order valence-electron chi connectivity index (χ2n) is 12.8. The molecule has 0 fully saturated rings. The van der Waals surface area contributed by atoms with E-state index in [0.717, 1.165) is 38.4 Å². The Bertz CT molecular complexity index is 2650. The molecule has 8 aromatic rings. The van der Waals surface area contributed by atoms with Crippen LogP contribution < -0.4 is 0 Å². The van der Waals surface area contributed by atoms with Gasteiger partial charge in [-0.25, -0.2) is 4.98 Å². The zero-order chi connectivity index (χ0) is 32.7. The molecule has 1 aromatic heterocycles. The van der Waals surface area contributed by atoms with Gasteiger partial charge in [-0.3, -0.25) is 4.99 Å². The smallest absolute Gasteiger partial charge is 0.125 e. The van der Waals surface area contributed by atoms with Gasteiger partial charge < -0.3 is 10.2 Å². The van der Waals surface area contributed by atoms with Crippen LogP contribution in [-0.4, -0.2) is 21.4 Å². The molecule has 0 saturated carbocycles. The third-order valence-electron chi connectivity index (χ3n) is 10.3. The van der Waals surface area contributed by atoms with Crippen molar-refractivity contribution in [3.05, 3.63) is 180 Å². The van der Waals surface area contributed by atoms with Gasteiger partial charge in [0.25, 0.3) is 0 Å². The molecule has 50 heavy (non-hydrogen) atoms. The SMILES string of the molecule is Oc1ccc2c(c1-c1nc(C=Nc3cccc4cccc(O)c34)cc3ccccc13)C1(c3ccccc3-c3ccccc31)c1ccccc1-2.[Pt]. The topological polar surface area (TPSA) is 65.7 Å². The third-order valence-corrected chi connectivity index (χ3v) is 10.3. The average Bonchev–Trinajstić information content (AvgIpc) is 3.61. The summed E-state index contributed by atoms with van der Waals surface area (Å²) in [5, 5.41) is 26.3. The van der Waals surface area contributed by atoms with Crippen LogP contribution in [-0.2, 0) is 26.5 Å². The Morgan fingerprint density at radius 2 is 1.12 bits per heavy atom. The van der Waals surface area contributed by atoms with Crippen LogP contribution >= 0.6 is 0 Å². The minimum atomic E-state index is -0.652. The fourth-order valence-corrected chi connectivity index (χ4v) is 8.44. The summed E-state index contributed by atoms with van der Waals surface area (Å²) in [4.78, 5) is 10.1. The number of rotatable bonds is 3. The molecular weight excluding hydrogens is 796 g/mol. The van der Waals surface area contributed by atoms with E-state index in [-0.39, 0.29) is 32.6 Å². The number of benzene rings is 7. The van der Waals surface area contributed by atoms with E-state index in [9.17, 15) is 10.2 Å². The summed E-state index contributed by atoms with van der Waals surface area (Å²) >= 11 is 0. The number of hydrogen-bond donors (Lipinski definition) is 2. The number of phenolic OH excluding ortho intramolecular Hbond substituents is 2. The molecule has 0 unspecified atom stereocenters. The van der Waals surface area contributed by atoms with E-state index < -0.39 is 5.41 Å². The van der Waals surface area contributed by atoms with Crippen LogP contribution in [0.2, 0.25) is 0 Å². The first kappa shape index (κ1) is 30.2. The molecule has 10 rings (SSSR count). The van der Waals surface area contributed by atoms with E-state index in [4.69, 9.17) is 9.98 Å². The summed E-state index contributed by atoms with van der Waals surface area (Å²) in [6, 6.07) is 51.4. The van der Waals surface area contributed by atoms with Gasteiger partial charge in [-0.05, 0) is 79.5 Å². The van der Waals surface area contributed by atoms with E-state index >= 15 is 0 Å². The maximum atomic E-state index is 12.1. The fourth-order valence-electron chi connectivity index (χ4n) is 8.44. The molecular formula is C45H28N2O2Pt. The van der Waals surface area contributed by atoms with E-state index in [1.54, 1.807) is 12.3 Å². The van der Waals surface area contributed by atoms with Crippen molar-refractivity contribution in [2.45, 2.75) is 5.41 Å². The predicted molar refractivity (Wildman–Crippen MR) is 198 cm³/mol. The van der Waals surface area contributed by atoms with Crippen LogP contribution in [0.15, 0.2) is 157 Å². The van der Waals surface area contributed by atoms with Gasteiger partial charge in [-0.15, -0.1) is 0 Å². The van der Waals surface area contributed by atoms with Crippen molar-refractivity contribution in [2.75, 3.05) is 0 Å². The summed E-state index contributed by atoms with van der Waals surface area (Å²) in [5.74, 6) is 0.364. The van der Waals surface area contributed by atoms with Crippen molar-refractivity contribution >= 4 is 33.4 Å². The number of aromatic nitrogens is 1. The Kier molecular flexibility index (Phi) is 6.88. The van der Waals surface area contributed by atoms with Gasteiger partial charge in [0, 0.05) is 37.4 Å². The van der Waals surface area contributed by atoms with E-state index in [1.807, 2.05) is 54.6 Å². The summed E-state index contributed by atoms with van der Waals surface area (Å²) in [6.45, 7) is 0. The normalized spacial score (nSPS) is 13.3. The number of pyridine rings is 1. The van der Waals surface area contributed by atoms with Crippen molar-refractivity contribution in [2.24, 2.45) is 4.99 Å². The second kappa shape index (κ2) is 11.4. The zero-order valence-electron chi connectivity index (χ0n) is 26.6. The van der Waals surface area contributed by atoms with Gasteiger partial charge in [0.1, 0.15) is 11.5 Å². The number of fused-ring (bicyclic) bond motifs is 12. The van der Waals surface area contributed by atoms with E-state index in [2.05, 4.69) is 91.0 Å². The van der Waals surface area contributed by atoms with Crippen LogP contribution in [0.25, 0.3) is 55.1 Å². The molecule has 0 amide bonds. The summed E-state index contributed by atoms with van der Waals surface area (Å²) in [6.07, 6.45) is 1.75. The van der Waals surface area contributed by atoms with Gasteiger partial charge in [-0.2, -0.15) is 0 Å². The van der Waals surface area contributed by atoms with E-state index in [0.29, 0.717) is 22.5 Å². The number of hydrogen-bond acceptors (Lipinski definition) is 4. The molecule has 4 nitrogen and oxygen atoms in total. The van der Waals surface area contributed by atoms with Crippen LogP contribution in [0.1, 0.15) is 27.9 Å². The molecule has 0 saturated heterocycles. The molecule has 240 valence electrons. The van der Waals surface area contributed by atoms with Gasteiger partial charge in [-0.1, -0.05) is 127 Å². The quantitative estimate of drug-likeness (QED) is 0.175. The van der Waals surface area contributed by atoms with Gasteiger partial charge in [0.05, 0.1) is 28.7 Å². The molecule has 1 spiro atoms. The maximum Gasteiger partial charge on any atom is 0.125 e. The minimum absolute atomic E-state index is 0. The van der Waals surface area contributed by atoms with E-state index in [1.165, 1.54) is 27.8 Å². The van der Waals surface area contributed by atoms with Crippen LogP contribution in [0.3, 0.4) is 0 Å². The summed E-state index contributed by atoms with van der Waals surface area (Å²) < 4.78 is 0. The van der Waals surface area contributed by atoms with Crippen LogP contribution in [0.4, 0.5) is 5.69 Å². The number of phenols is 2. The van der Waals surface area contributed by atoms with Crippen molar-refractivity contribution in [1.29, 1.82) is 0 Å². The molecule has 7 aromatic carbocycles. The molecule has 0 radical (unpaired) electrons. The molecule has 2 aliphatic carbocycles. The Balaban J connectivity index is 0.00000336. The predicted octanol–water partition coefficient (Wildman–Crippen LogP) is 10.6. The molecule has 5 heteroatoms. The first-order chi connectivity index (χ1) is 24.1. The summed E-state index contributed by atoms with van der Waals surface area (Å²) in [5.41, 5.74) is 11.4. The van der Waals surface area contributed by atoms with Gasteiger partial charge in [0.2, 0.25) is 0 Å². The van der Waals surface area contributed by atoms with Crippen molar-refractivity contribution in [1.82, 2.24) is 4.98 Å². The van der Waals surface area contributed by atoms with Gasteiger partial charge >= 0.3 is 0 Å². The largest absolute Gasteiger partial charge is 0.507 e. The zero-order valence-corrected chi connectivity index (χ0v) is 28.9. The monoisotopic (exact) mass is 823 g/mol. The minimum Gasteiger partial charge on any atom is -0.507 e. The van der Waals surface area contributed by atoms with Crippen LogP contribution in [0.5, 0.6) is 11.5 Å². The Morgan fingerprint density at radius 3 is 1.82 bits per heavy atom. The number of aliphatic imine (C=N–C) groups is 1. The third kappa shape index (κ3) is 4.09. The Labute approximate surface area is 303 Å². The average molecular weight is 824 g/mol. The number of nitrogens with zero attached hydrogens (tertiary/aromatic N) is 2.